The summed E-state index contributed by atoms with van der Waals surface area (Å²) in [6.45, 7) is 6.58. The molecule has 26 heavy (non-hydrogen) atoms. The van der Waals surface area contributed by atoms with Crippen LogP contribution in [0.4, 0.5) is 5.00 Å². The van der Waals surface area contributed by atoms with Crippen molar-refractivity contribution in [3.8, 4) is 0 Å². The van der Waals surface area contributed by atoms with Crippen molar-refractivity contribution in [2.24, 2.45) is 5.92 Å². The Hall–Kier alpha value is -2.61. The second-order valence-corrected chi connectivity index (χ2v) is 7.58. The lowest BCUT2D eigenvalue weighted by molar-refractivity contribution is -0.129. The van der Waals surface area contributed by atoms with Crippen LogP contribution in [0.15, 0.2) is 28.9 Å². The van der Waals surface area contributed by atoms with E-state index in [-0.39, 0.29) is 29.4 Å². The lowest BCUT2D eigenvalue weighted by Gasteiger charge is -2.37. The zero-order valence-electron chi connectivity index (χ0n) is 14.9. The molecule has 2 aromatic rings. The summed E-state index contributed by atoms with van der Waals surface area (Å²) in [6.07, 6.45) is 1.43. The second kappa shape index (κ2) is 7.33. The summed E-state index contributed by atoms with van der Waals surface area (Å²) in [5.41, 5.74) is 0.767. The summed E-state index contributed by atoms with van der Waals surface area (Å²) in [5, 5.41) is 6.12. The normalized spacial score (nSPS) is 17.3. The summed E-state index contributed by atoms with van der Waals surface area (Å²) in [7, 11) is 0. The first kappa shape index (κ1) is 18.2. The van der Waals surface area contributed by atoms with Gasteiger partial charge in [-0.15, -0.1) is 11.3 Å². The van der Waals surface area contributed by atoms with Gasteiger partial charge in [0.15, 0.2) is 5.76 Å². The Kier molecular flexibility index (Phi) is 5.13. The lowest BCUT2D eigenvalue weighted by Crippen LogP contribution is -2.59. The highest BCUT2D eigenvalue weighted by atomic mass is 32.1. The van der Waals surface area contributed by atoms with E-state index in [2.05, 4.69) is 10.6 Å². The minimum atomic E-state index is -0.487. The highest BCUT2D eigenvalue weighted by Crippen LogP contribution is 2.30. The minimum absolute atomic E-state index is 0.0117. The van der Waals surface area contributed by atoms with Gasteiger partial charge in [-0.05, 0) is 36.6 Å². The Balaban J connectivity index is 1.80. The van der Waals surface area contributed by atoms with Crippen LogP contribution in [0.3, 0.4) is 0 Å². The van der Waals surface area contributed by atoms with Crippen molar-refractivity contribution in [2.75, 3.05) is 18.4 Å². The molecule has 3 amide bonds. The van der Waals surface area contributed by atoms with Gasteiger partial charge in [0.1, 0.15) is 6.04 Å². The molecule has 1 atom stereocenters. The van der Waals surface area contributed by atoms with Crippen LogP contribution in [0.5, 0.6) is 0 Å². The van der Waals surface area contributed by atoms with E-state index in [0.29, 0.717) is 23.0 Å². The van der Waals surface area contributed by atoms with Crippen LogP contribution in [0.25, 0.3) is 0 Å². The second-order valence-electron chi connectivity index (χ2n) is 6.53. The largest absolute Gasteiger partial charge is 0.459 e. The molecular weight excluding hydrogens is 354 g/mol. The van der Waals surface area contributed by atoms with Crippen LogP contribution in [0.2, 0.25) is 0 Å². The molecule has 2 aromatic heterocycles. The number of furan rings is 1. The predicted molar refractivity (Wildman–Crippen MR) is 98.4 cm³/mol. The predicted octanol–water partition coefficient (Wildman–Crippen LogP) is 2.50. The summed E-state index contributed by atoms with van der Waals surface area (Å²) < 4.78 is 5.07. The Morgan fingerprint density at radius 1 is 1.42 bits per heavy atom. The van der Waals surface area contributed by atoms with Gasteiger partial charge in [-0.2, -0.15) is 0 Å². The van der Waals surface area contributed by atoms with Crippen molar-refractivity contribution >= 4 is 34.1 Å². The molecule has 0 spiro atoms. The number of anilines is 1. The van der Waals surface area contributed by atoms with E-state index in [1.54, 1.807) is 23.1 Å². The third-order valence-corrected chi connectivity index (χ3v) is 5.38. The molecule has 1 unspecified atom stereocenters. The van der Waals surface area contributed by atoms with E-state index >= 15 is 0 Å². The van der Waals surface area contributed by atoms with Crippen LogP contribution in [0.1, 0.15) is 39.6 Å². The van der Waals surface area contributed by atoms with Gasteiger partial charge in [0.25, 0.3) is 11.8 Å². The molecule has 0 bridgehead atoms. The molecule has 138 valence electrons. The van der Waals surface area contributed by atoms with E-state index in [1.165, 1.54) is 17.6 Å². The first-order valence-electron chi connectivity index (χ1n) is 8.42. The quantitative estimate of drug-likeness (QED) is 0.859. The Morgan fingerprint density at radius 2 is 2.19 bits per heavy atom. The van der Waals surface area contributed by atoms with Crippen LogP contribution >= 0.6 is 11.3 Å². The first-order valence-corrected chi connectivity index (χ1v) is 9.24. The monoisotopic (exact) mass is 375 g/mol. The van der Waals surface area contributed by atoms with Crippen molar-refractivity contribution < 1.29 is 18.8 Å². The molecule has 0 aliphatic carbocycles. The number of carbonyl (C=O) groups is 3. The number of hydrogen-bond acceptors (Lipinski definition) is 5. The molecule has 0 aromatic carbocycles. The maximum atomic E-state index is 13.0. The van der Waals surface area contributed by atoms with Crippen LogP contribution in [0, 0.1) is 12.8 Å². The highest BCUT2D eigenvalue weighted by molar-refractivity contribution is 7.18. The summed E-state index contributed by atoms with van der Waals surface area (Å²) in [5.74, 6) is -0.457. The number of hydrogen-bond donors (Lipinski definition) is 2. The average molecular weight is 375 g/mol. The van der Waals surface area contributed by atoms with Crippen molar-refractivity contribution in [1.29, 1.82) is 0 Å². The SMILES string of the molecule is Cc1cc(NC(=O)c2ccco2)sc1C(=O)N1CCNC(=O)C1C(C)C. The number of amides is 3. The van der Waals surface area contributed by atoms with Crippen LogP contribution in [-0.2, 0) is 4.79 Å². The highest BCUT2D eigenvalue weighted by Gasteiger charge is 2.36. The number of thiophene rings is 1. The Labute approximate surface area is 155 Å². The molecule has 1 aliphatic heterocycles. The van der Waals surface area contributed by atoms with Gasteiger partial charge < -0.3 is 20.0 Å². The van der Waals surface area contributed by atoms with Gasteiger partial charge in [-0.3, -0.25) is 14.4 Å². The molecule has 3 heterocycles. The summed E-state index contributed by atoms with van der Waals surface area (Å²) >= 11 is 1.21. The first-order chi connectivity index (χ1) is 12.4. The van der Waals surface area contributed by atoms with Gasteiger partial charge in [-0.1, -0.05) is 13.8 Å². The number of carbonyl (C=O) groups excluding carboxylic acids is 3. The number of piperazine rings is 1. The fourth-order valence-corrected chi connectivity index (χ4v) is 4.07. The molecule has 1 fully saturated rings. The number of aryl methyl sites for hydroxylation is 1. The van der Waals surface area contributed by atoms with E-state index in [9.17, 15) is 14.4 Å². The van der Waals surface area contributed by atoms with Gasteiger partial charge >= 0.3 is 0 Å². The van der Waals surface area contributed by atoms with Gasteiger partial charge in [-0.25, -0.2) is 0 Å². The average Bonchev–Trinajstić information content (AvgIpc) is 3.23. The molecule has 0 radical (unpaired) electrons. The van der Waals surface area contributed by atoms with Crippen molar-refractivity contribution in [3.05, 3.63) is 40.7 Å². The fraction of sp³-hybridized carbons (Fsp3) is 0.389. The number of rotatable bonds is 4. The molecule has 0 saturated carbocycles. The smallest absolute Gasteiger partial charge is 0.291 e. The van der Waals surface area contributed by atoms with E-state index in [4.69, 9.17) is 4.42 Å². The third-order valence-electron chi connectivity index (χ3n) is 4.24. The topological polar surface area (TPSA) is 91.7 Å². The molecule has 2 N–H and O–H groups in total. The maximum Gasteiger partial charge on any atom is 0.291 e. The molecule has 1 saturated heterocycles. The Bertz CT molecular complexity index is 826. The maximum absolute atomic E-state index is 13.0. The van der Waals surface area contributed by atoms with Crippen molar-refractivity contribution in [3.63, 3.8) is 0 Å². The summed E-state index contributed by atoms with van der Waals surface area (Å²) in [6, 6.07) is 4.48. The molecule has 8 heteroatoms. The lowest BCUT2D eigenvalue weighted by atomic mass is 9.99. The Morgan fingerprint density at radius 3 is 2.85 bits per heavy atom. The van der Waals surface area contributed by atoms with E-state index in [0.717, 1.165) is 5.56 Å². The van der Waals surface area contributed by atoms with Gasteiger partial charge in [0, 0.05) is 13.1 Å². The van der Waals surface area contributed by atoms with E-state index < -0.39 is 6.04 Å². The third kappa shape index (κ3) is 3.50. The van der Waals surface area contributed by atoms with Crippen molar-refractivity contribution in [2.45, 2.75) is 26.8 Å². The molecule has 3 rings (SSSR count). The molecule has 7 nitrogen and oxygen atoms in total. The summed E-state index contributed by atoms with van der Waals surface area (Å²) in [4.78, 5) is 39.5. The van der Waals surface area contributed by atoms with E-state index in [1.807, 2.05) is 20.8 Å². The zero-order chi connectivity index (χ0) is 18.8. The van der Waals surface area contributed by atoms with Gasteiger partial charge in [0.05, 0.1) is 16.1 Å². The number of nitrogens with zero attached hydrogens (tertiary/aromatic N) is 1. The minimum Gasteiger partial charge on any atom is -0.459 e. The van der Waals surface area contributed by atoms with Crippen molar-refractivity contribution in [1.82, 2.24) is 10.2 Å². The van der Waals surface area contributed by atoms with Crippen LogP contribution < -0.4 is 10.6 Å². The number of nitrogens with one attached hydrogen (secondary N) is 2. The molecular formula is C18H21N3O4S. The van der Waals surface area contributed by atoms with Crippen LogP contribution in [-0.4, -0.2) is 41.8 Å². The fourth-order valence-electron chi connectivity index (χ4n) is 3.04. The van der Waals surface area contributed by atoms with Gasteiger partial charge in [0.2, 0.25) is 5.91 Å². The molecule has 1 aliphatic rings. The standard InChI is InChI=1S/C18H21N3O4S/c1-10(2)14-17(23)19-6-7-21(14)18(24)15-11(3)9-13(26-15)20-16(22)12-5-4-8-25-12/h4-5,8-10,14H,6-7H2,1-3H3,(H,19,23)(H,20,22). The zero-order valence-corrected chi connectivity index (χ0v) is 15.7.